The number of piperidine rings is 1. The van der Waals surface area contributed by atoms with Crippen molar-refractivity contribution in [2.24, 2.45) is 0 Å². The van der Waals surface area contributed by atoms with Gasteiger partial charge in [-0.25, -0.2) is 8.42 Å². The predicted octanol–water partition coefficient (Wildman–Crippen LogP) is 2.55. The summed E-state index contributed by atoms with van der Waals surface area (Å²) in [6.45, 7) is 0.282. The van der Waals surface area contributed by atoms with Gasteiger partial charge in [-0.1, -0.05) is 0 Å². The molecule has 3 rings (SSSR count). The number of methoxy groups -OCH3 is 1. The van der Waals surface area contributed by atoms with Gasteiger partial charge in [-0.05, 0) is 55.5 Å². The Morgan fingerprint density at radius 3 is 2.21 bits per heavy atom. The standard InChI is InChI=1S/C18H21F3N2O5S/c1-27-16(17(24)22-13-2-3-13)12-8-10-23(11-9-12)29(25,26)15-6-4-14(5-7-15)28-18(19,20)21/h4-7,13H,2-3,8-11H2,1H3,(H,22,24). The van der Waals surface area contributed by atoms with Gasteiger partial charge in [0.15, 0.2) is 5.76 Å². The van der Waals surface area contributed by atoms with Crippen molar-refractivity contribution in [3.05, 3.63) is 35.6 Å². The third-order valence-corrected chi connectivity index (χ3v) is 6.58. The van der Waals surface area contributed by atoms with Crippen molar-refractivity contribution in [1.82, 2.24) is 9.62 Å². The average molecular weight is 434 g/mol. The van der Waals surface area contributed by atoms with Gasteiger partial charge in [0.2, 0.25) is 10.0 Å². The summed E-state index contributed by atoms with van der Waals surface area (Å²) in [6, 6.07) is 4.25. The Hall–Kier alpha value is -2.27. The molecule has 29 heavy (non-hydrogen) atoms. The van der Waals surface area contributed by atoms with Gasteiger partial charge in [0.25, 0.3) is 5.91 Å². The summed E-state index contributed by atoms with van der Waals surface area (Å²) in [7, 11) is -2.47. The number of hydrogen-bond donors (Lipinski definition) is 1. The van der Waals surface area contributed by atoms with Crippen LogP contribution < -0.4 is 10.1 Å². The van der Waals surface area contributed by atoms with E-state index in [1.807, 2.05) is 0 Å². The van der Waals surface area contributed by atoms with Crippen LogP contribution in [-0.2, 0) is 19.6 Å². The lowest BCUT2D eigenvalue weighted by atomic mass is 10.0. The highest BCUT2D eigenvalue weighted by atomic mass is 32.2. The first kappa shape index (κ1) is 21.4. The second kappa shape index (κ2) is 8.23. The van der Waals surface area contributed by atoms with Crippen molar-refractivity contribution in [2.75, 3.05) is 20.2 Å². The highest BCUT2D eigenvalue weighted by Crippen LogP contribution is 2.28. The van der Waals surface area contributed by atoms with E-state index in [-0.39, 0.29) is 35.7 Å². The van der Waals surface area contributed by atoms with E-state index in [0.717, 1.165) is 42.7 Å². The number of carbonyl (C=O) groups excluding carboxylic acids is 1. The molecule has 1 aliphatic carbocycles. The first-order valence-corrected chi connectivity index (χ1v) is 10.5. The van der Waals surface area contributed by atoms with Crippen LogP contribution in [0.15, 0.2) is 40.5 Å². The number of halogens is 3. The number of sulfonamides is 1. The van der Waals surface area contributed by atoms with Crippen LogP contribution in [-0.4, -0.2) is 51.2 Å². The first-order chi connectivity index (χ1) is 13.6. The second-order valence-electron chi connectivity index (χ2n) is 6.81. The van der Waals surface area contributed by atoms with Crippen LogP contribution >= 0.6 is 0 Å². The second-order valence-corrected chi connectivity index (χ2v) is 8.75. The van der Waals surface area contributed by atoms with Crippen molar-refractivity contribution in [3.8, 4) is 5.75 Å². The van der Waals surface area contributed by atoms with E-state index in [2.05, 4.69) is 10.1 Å². The Labute approximate surface area is 166 Å². The van der Waals surface area contributed by atoms with E-state index in [9.17, 15) is 26.4 Å². The molecule has 1 amide bonds. The quantitative estimate of drug-likeness (QED) is 0.550. The molecule has 11 heteroatoms. The van der Waals surface area contributed by atoms with Crippen LogP contribution in [0.4, 0.5) is 13.2 Å². The minimum atomic E-state index is -4.85. The van der Waals surface area contributed by atoms with Gasteiger partial charge in [0, 0.05) is 19.1 Å². The molecule has 0 spiro atoms. The summed E-state index contributed by atoms with van der Waals surface area (Å²) in [5.41, 5.74) is 0.742. The molecular formula is C18H21F3N2O5S. The van der Waals surface area contributed by atoms with Gasteiger partial charge in [-0.15, -0.1) is 13.2 Å². The number of rotatable bonds is 6. The van der Waals surface area contributed by atoms with Crippen LogP contribution in [0.5, 0.6) is 5.75 Å². The van der Waals surface area contributed by atoms with E-state index in [1.54, 1.807) is 0 Å². The summed E-state index contributed by atoms with van der Waals surface area (Å²) in [6.07, 6.45) is -2.31. The maximum atomic E-state index is 12.8. The normalized spacial score (nSPS) is 18.3. The number of hydrogen-bond acceptors (Lipinski definition) is 5. The van der Waals surface area contributed by atoms with Crippen molar-refractivity contribution in [3.63, 3.8) is 0 Å². The van der Waals surface area contributed by atoms with Crippen molar-refractivity contribution in [1.29, 1.82) is 0 Å². The predicted molar refractivity (Wildman–Crippen MR) is 96.3 cm³/mol. The molecule has 0 unspecified atom stereocenters. The lowest BCUT2D eigenvalue weighted by Crippen LogP contribution is -2.37. The largest absolute Gasteiger partial charge is 0.573 e. The highest BCUT2D eigenvalue weighted by Gasteiger charge is 2.33. The number of nitrogens with one attached hydrogen (secondary N) is 1. The maximum Gasteiger partial charge on any atom is 0.573 e. The molecule has 2 fully saturated rings. The fourth-order valence-corrected chi connectivity index (χ4v) is 4.50. The van der Waals surface area contributed by atoms with Crippen LogP contribution in [0.1, 0.15) is 25.7 Å². The number of ether oxygens (including phenoxy) is 2. The van der Waals surface area contributed by atoms with Gasteiger partial charge in [0.05, 0.1) is 12.0 Å². The van der Waals surface area contributed by atoms with Crippen molar-refractivity contribution >= 4 is 15.9 Å². The van der Waals surface area contributed by atoms with Gasteiger partial charge in [0.1, 0.15) is 5.75 Å². The molecule has 1 saturated heterocycles. The van der Waals surface area contributed by atoms with Crippen LogP contribution in [0.2, 0.25) is 0 Å². The molecule has 0 atom stereocenters. The first-order valence-electron chi connectivity index (χ1n) is 9.03. The Bertz CT molecular complexity index is 883. The summed E-state index contributed by atoms with van der Waals surface area (Å²) in [5.74, 6) is -0.559. The lowest BCUT2D eigenvalue weighted by molar-refractivity contribution is -0.274. The molecule has 7 nitrogen and oxygen atoms in total. The van der Waals surface area contributed by atoms with Crippen LogP contribution in [0, 0.1) is 0 Å². The van der Waals surface area contributed by atoms with Crippen molar-refractivity contribution < 1.29 is 35.9 Å². The zero-order chi connectivity index (χ0) is 21.2. The number of amides is 1. The Morgan fingerprint density at radius 2 is 1.72 bits per heavy atom. The fourth-order valence-electron chi connectivity index (χ4n) is 3.06. The van der Waals surface area contributed by atoms with Gasteiger partial charge in [-0.3, -0.25) is 4.79 Å². The van der Waals surface area contributed by atoms with Crippen molar-refractivity contribution in [2.45, 2.75) is 43.0 Å². The minimum absolute atomic E-state index is 0.127. The molecule has 1 aliphatic heterocycles. The van der Waals surface area contributed by atoms with Gasteiger partial charge in [-0.2, -0.15) is 4.31 Å². The summed E-state index contributed by atoms with van der Waals surface area (Å²) in [4.78, 5) is 12.1. The summed E-state index contributed by atoms with van der Waals surface area (Å²) >= 11 is 0. The smallest absolute Gasteiger partial charge is 0.491 e. The SMILES string of the molecule is COC(C(=O)NC1CC1)=C1CCN(S(=O)(=O)c2ccc(OC(F)(F)F)cc2)CC1. The molecule has 0 radical (unpaired) electrons. The van der Waals surface area contributed by atoms with Gasteiger partial charge < -0.3 is 14.8 Å². The third kappa shape index (κ3) is 5.41. The number of nitrogens with zero attached hydrogens (tertiary/aromatic N) is 1. The number of benzene rings is 1. The topological polar surface area (TPSA) is 84.9 Å². The third-order valence-electron chi connectivity index (χ3n) is 4.67. The molecule has 160 valence electrons. The number of alkyl halides is 3. The van der Waals surface area contributed by atoms with Gasteiger partial charge >= 0.3 is 6.36 Å². The van der Waals surface area contributed by atoms with E-state index >= 15 is 0 Å². The van der Waals surface area contributed by atoms with Crippen LogP contribution in [0.3, 0.4) is 0 Å². The Kier molecular flexibility index (Phi) is 6.08. The van der Waals surface area contributed by atoms with E-state index in [4.69, 9.17) is 4.74 Å². The lowest BCUT2D eigenvalue weighted by Gasteiger charge is -2.28. The zero-order valence-corrected chi connectivity index (χ0v) is 16.5. The van der Waals surface area contributed by atoms with E-state index in [0.29, 0.717) is 12.8 Å². The summed E-state index contributed by atoms with van der Waals surface area (Å²) in [5, 5.41) is 2.85. The number of carbonyl (C=O) groups is 1. The molecule has 2 aliphatic rings. The molecular weight excluding hydrogens is 413 g/mol. The molecule has 1 heterocycles. The van der Waals surface area contributed by atoms with E-state index < -0.39 is 22.1 Å². The van der Waals surface area contributed by atoms with E-state index in [1.165, 1.54) is 11.4 Å². The Morgan fingerprint density at radius 1 is 1.14 bits per heavy atom. The zero-order valence-electron chi connectivity index (χ0n) is 15.7. The maximum absolute atomic E-state index is 12.8. The van der Waals surface area contributed by atoms with Crippen LogP contribution in [0.25, 0.3) is 0 Å². The summed E-state index contributed by atoms with van der Waals surface area (Å²) < 4.78 is 72.4. The Balaban J connectivity index is 1.67. The molecule has 0 aromatic heterocycles. The molecule has 1 aromatic rings. The minimum Gasteiger partial charge on any atom is -0.491 e. The molecule has 1 saturated carbocycles. The molecule has 1 aromatic carbocycles. The highest BCUT2D eigenvalue weighted by molar-refractivity contribution is 7.89. The molecule has 0 bridgehead atoms. The average Bonchev–Trinajstić information content (AvgIpc) is 3.46. The fraction of sp³-hybridized carbons (Fsp3) is 0.500. The monoisotopic (exact) mass is 434 g/mol. The molecule has 1 N–H and O–H groups in total.